The van der Waals surface area contributed by atoms with E-state index in [9.17, 15) is 9.59 Å². The van der Waals surface area contributed by atoms with Crippen LogP contribution in [0.2, 0.25) is 0 Å². The first-order valence-corrected chi connectivity index (χ1v) is 7.58. The van der Waals surface area contributed by atoms with E-state index in [4.69, 9.17) is 0 Å². The number of anilines is 1. The van der Waals surface area contributed by atoms with Crippen molar-refractivity contribution in [3.05, 3.63) is 33.5 Å². The molecule has 1 fully saturated rings. The highest BCUT2D eigenvalue weighted by molar-refractivity contribution is 5.74. The normalized spacial score (nSPS) is 15.5. The molecule has 0 radical (unpaired) electrons. The number of imidazole rings is 1. The van der Waals surface area contributed by atoms with Crippen LogP contribution in [0.15, 0.2) is 22.2 Å². The van der Waals surface area contributed by atoms with Crippen LogP contribution < -0.4 is 16.1 Å². The number of fused-ring (bicyclic) bond motifs is 1. The van der Waals surface area contributed by atoms with Crippen LogP contribution in [0, 0.1) is 0 Å². The minimum atomic E-state index is -0.360. The van der Waals surface area contributed by atoms with Crippen LogP contribution in [0.25, 0.3) is 11.2 Å². The number of aromatic nitrogens is 4. The summed E-state index contributed by atoms with van der Waals surface area (Å²) in [5.74, 6) is 0.762. The van der Waals surface area contributed by atoms with Gasteiger partial charge >= 0.3 is 5.69 Å². The van der Waals surface area contributed by atoms with Gasteiger partial charge in [0.25, 0.3) is 5.56 Å². The van der Waals surface area contributed by atoms with Gasteiger partial charge in [-0.25, -0.2) is 4.79 Å². The van der Waals surface area contributed by atoms with Gasteiger partial charge in [-0.1, -0.05) is 6.08 Å². The first-order chi connectivity index (χ1) is 10.6. The van der Waals surface area contributed by atoms with E-state index in [1.165, 1.54) is 15.6 Å². The van der Waals surface area contributed by atoms with Gasteiger partial charge < -0.3 is 9.47 Å². The highest BCUT2D eigenvalue weighted by Crippen LogP contribution is 2.21. The second kappa shape index (κ2) is 5.47. The molecule has 2 aromatic heterocycles. The smallest absolute Gasteiger partial charge is 0.332 e. The van der Waals surface area contributed by atoms with Crippen molar-refractivity contribution in [1.29, 1.82) is 0 Å². The van der Waals surface area contributed by atoms with Crippen molar-refractivity contribution in [3.63, 3.8) is 0 Å². The molecule has 0 unspecified atom stereocenters. The van der Waals surface area contributed by atoms with E-state index >= 15 is 0 Å². The van der Waals surface area contributed by atoms with Crippen molar-refractivity contribution in [1.82, 2.24) is 18.7 Å². The molecule has 1 saturated heterocycles. The molecular weight excluding hydrogens is 282 g/mol. The summed E-state index contributed by atoms with van der Waals surface area (Å²) >= 11 is 0. The van der Waals surface area contributed by atoms with Crippen LogP contribution in [0.4, 0.5) is 5.95 Å². The lowest BCUT2D eigenvalue weighted by molar-refractivity contribution is 0.563. The third kappa shape index (κ3) is 2.08. The molecule has 0 aliphatic carbocycles. The number of hydrogen-bond acceptors (Lipinski definition) is 4. The molecule has 7 nitrogen and oxygen atoms in total. The largest absolute Gasteiger partial charge is 0.342 e. The molecule has 1 aliphatic heterocycles. The van der Waals surface area contributed by atoms with Crippen molar-refractivity contribution >= 4 is 17.1 Å². The van der Waals surface area contributed by atoms with Crippen LogP contribution in [0.5, 0.6) is 0 Å². The summed E-state index contributed by atoms with van der Waals surface area (Å²) < 4.78 is 4.44. The molecule has 0 bridgehead atoms. The SMILES string of the molecule is C=CCn1c(=O)c2c(nc(N3CCCCC3)n2C)n(C)c1=O. The van der Waals surface area contributed by atoms with E-state index in [2.05, 4.69) is 16.5 Å². The molecule has 0 atom stereocenters. The maximum absolute atomic E-state index is 12.6. The van der Waals surface area contributed by atoms with Crippen LogP contribution in [-0.2, 0) is 20.6 Å². The first kappa shape index (κ1) is 14.6. The molecule has 1 aliphatic rings. The van der Waals surface area contributed by atoms with Gasteiger partial charge in [-0.3, -0.25) is 13.9 Å². The molecule has 7 heteroatoms. The quantitative estimate of drug-likeness (QED) is 0.779. The first-order valence-electron chi connectivity index (χ1n) is 7.58. The zero-order valence-electron chi connectivity index (χ0n) is 13.1. The van der Waals surface area contributed by atoms with Gasteiger partial charge in [-0.15, -0.1) is 6.58 Å². The summed E-state index contributed by atoms with van der Waals surface area (Å²) in [6.07, 6.45) is 5.04. The summed E-state index contributed by atoms with van der Waals surface area (Å²) in [5.41, 5.74) is 0.236. The van der Waals surface area contributed by atoms with E-state index in [1.54, 1.807) is 13.1 Å². The van der Waals surface area contributed by atoms with Crippen LogP contribution >= 0.6 is 0 Å². The molecule has 3 rings (SSSR count). The van der Waals surface area contributed by atoms with Gasteiger partial charge in [-0.05, 0) is 19.3 Å². The molecule has 0 N–H and O–H groups in total. The van der Waals surface area contributed by atoms with Gasteiger partial charge in [0.05, 0.1) is 0 Å². The van der Waals surface area contributed by atoms with Gasteiger partial charge in [0.15, 0.2) is 11.2 Å². The lowest BCUT2D eigenvalue weighted by atomic mass is 10.1. The van der Waals surface area contributed by atoms with Crippen LogP contribution in [0.1, 0.15) is 19.3 Å². The maximum atomic E-state index is 12.6. The fraction of sp³-hybridized carbons (Fsp3) is 0.533. The van der Waals surface area contributed by atoms with Crippen LogP contribution in [0.3, 0.4) is 0 Å². The molecule has 0 aromatic carbocycles. The van der Waals surface area contributed by atoms with E-state index in [0.29, 0.717) is 11.2 Å². The molecule has 118 valence electrons. The molecule has 22 heavy (non-hydrogen) atoms. The molecule has 0 saturated carbocycles. The Kier molecular flexibility index (Phi) is 3.64. The lowest BCUT2D eigenvalue weighted by Crippen LogP contribution is -2.39. The Morgan fingerprint density at radius 1 is 1.14 bits per heavy atom. The predicted molar refractivity (Wildman–Crippen MR) is 86.5 cm³/mol. The average molecular weight is 303 g/mol. The highest BCUT2D eigenvalue weighted by atomic mass is 16.2. The fourth-order valence-corrected chi connectivity index (χ4v) is 3.10. The minimum absolute atomic E-state index is 0.200. The second-order valence-corrected chi connectivity index (χ2v) is 5.74. The number of allylic oxidation sites excluding steroid dienone is 1. The maximum Gasteiger partial charge on any atom is 0.332 e. The Morgan fingerprint density at radius 3 is 2.45 bits per heavy atom. The van der Waals surface area contributed by atoms with Crippen molar-refractivity contribution in [2.24, 2.45) is 14.1 Å². The monoisotopic (exact) mass is 303 g/mol. The summed E-state index contributed by atoms with van der Waals surface area (Å²) in [6.45, 7) is 5.68. The Balaban J connectivity index is 2.27. The van der Waals surface area contributed by atoms with Crippen molar-refractivity contribution < 1.29 is 0 Å². The third-order valence-electron chi connectivity index (χ3n) is 4.29. The zero-order valence-corrected chi connectivity index (χ0v) is 13.1. The van der Waals surface area contributed by atoms with Crippen molar-refractivity contribution in [2.45, 2.75) is 25.8 Å². The van der Waals surface area contributed by atoms with Crippen LogP contribution in [-0.4, -0.2) is 31.8 Å². The Bertz CT molecular complexity index is 836. The average Bonchev–Trinajstić information content (AvgIpc) is 2.88. The molecule has 0 amide bonds. The van der Waals surface area contributed by atoms with E-state index in [-0.39, 0.29) is 17.8 Å². The summed E-state index contributed by atoms with van der Waals surface area (Å²) in [6, 6.07) is 0. The van der Waals surface area contributed by atoms with Gasteiger partial charge in [-0.2, -0.15) is 4.98 Å². The molecule has 3 heterocycles. The van der Waals surface area contributed by atoms with E-state index in [0.717, 1.165) is 31.9 Å². The van der Waals surface area contributed by atoms with Crippen molar-refractivity contribution in [2.75, 3.05) is 18.0 Å². The summed E-state index contributed by atoms with van der Waals surface area (Å²) in [5, 5.41) is 0. The second-order valence-electron chi connectivity index (χ2n) is 5.74. The number of hydrogen-bond donors (Lipinski definition) is 0. The Hall–Kier alpha value is -2.31. The Labute approximate surface area is 128 Å². The predicted octanol–water partition coefficient (Wildman–Crippen LogP) is 0.610. The molecule has 0 spiro atoms. The topological polar surface area (TPSA) is 65.1 Å². The highest BCUT2D eigenvalue weighted by Gasteiger charge is 2.22. The van der Waals surface area contributed by atoms with Gasteiger partial charge in [0, 0.05) is 33.7 Å². The number of nitrogens with zero attached hydrogens (tertiary/aromatic N) is 5. The number of piperidine rings is 1. The van der Waals surface area contributed by atoms with Crippen molar-refractivity contribution in [3.8, 4) is 0 Å². The third-order valence-corrected chi connectivity index (χ3v) is 4.29. The lowest BCUT2D eigenvalue weighted by Gasteiger charge is -2.27. The fourth-order valence-electron chi connectivity index (χ4n) is 3.10. The van der Waals surface area contributed by atoms with E-state index in [1.807, 2.05) is 11.6 Å². The summed E-state index contributed by atoms with van der Waals surface area (Å²) in [4.78, 5) is 31.7. The Morgan fingerprint density at radius 2 is 1.82 bits per heavy atom. The standard InChI is InChI=1S/C15H21N5O2/c1-4-8-20-13(21)11-12(18(3)15(20)22)16-14(17(11)2)19-9-6-5-7-10-19/h4H,1,5-10H2,2-3H3. The number of rotatable bonds is 3. The minimum Gasteiger partial charge on any atom is -0.342 e. The van der Waals surface area contributed by atoms with Gasteiger partial charge in [0.1, 0.15) is 0 Å². The molecular formula is C15H21N5O2. The molecule has 2 aromatic rings. The van der Waals surface area contributed by atoms with Gasteiger partial charge in [0.2, 0.25) is 5.95 Å². The van der Waals surface area contributed by atoms with E-state index < -0.39 is 0 Å². The zero-order chi connectivity index (χ0) is 15.9. The number of aryl methyl sites for hydroxylation is 2. The summed E-state index contributed by atoms with van der Waals surface area (Å²) in [7, 11) is 3.49.